The number of nitrogens with zero attached hydrogens (tertiary/aromatic N) is 2. The number of rotatable bonds is 7. The lowest BCUT2D eigenvalue weighted by atomic mass is 9.91. The predicted molar refractivity (Wildman–Crippen MR) is 242 cm³/mol. The standard InChI is InChI=1S/C54H40N2Si/c1-57(2)50-27-13-12-26-49(50)52-53(57)51(41-20-10-5-11-21-41)55-54(56-52)45-25-15-24-44(33-45)48-35-46(38-18-8-4-9-19-38)34-47(36-48)43-23-14-22-42(32-43)40-30-28-39(29-31-40)37-16-6-3-7-17-37/h3-36H,1-2H3. The average Bonchev–Trinajstić information content (AvgIpc) is 3.52. The first-order chi connectivity index (χ1) is 28.0. The number of benzene rings is 8. The van der Waals surface area contributed by atoms with Crippen molar-refractivity contribution in [3.8, 4) is 89.5 Å². The molecule has 0 aliphatic carbocycles. The van der Waals surface area contributed by atoms with Gasteiger partial charge in [-0.1, -0.05) is 189 Å². The van der Waals surface area contributed by atoms with Crippen molar-refractivity contribution in [3.63, 3.8) is 0 Å². The number of aromatic nitrogens is 2. The fourth-order valence-corrected chi connectivity index (χ4v) is 11.7. The molecule has 0 unspecified atom stereocenters. The van der Waals surface area contributed by atoms with E-state index < -0.39 is 8.07 Å². The Hall–Kier alpha value is -6.94. The smallest absolute Gasteiger partial charge is 0.160 e. The summed E-state index contributed by atoms with van der Waals surface area (Å²) >= 11 is 0. The van der Waals surface area contributed by atoms with Gasteiger partial charge in [-0.2, -0.15) is 0 Å². The molecule has 270 valence electrons. The average molecular weight is 745 g/mol. The van der Waals surface area contributed by atoms with Crippen molar-refractivity contribution >= 4 is 18.4 Å². The summed E-state index contributed by atoms with van der Waals surface area (Å²) in [7, 11) is -2.04. The van der Waals surface area contributed by atoms with Gasteiger partial charge in [-0.25, -0.2) is 9.97 Å². The molecule has 2 heterocycles. The maximum absolute atomic E-state index is 5.41. The summed E-state index contributed by atoms with van der Waals surface area (Å²) < 4.78 is 0. The van der Waals surface area contributed by atoms with Gasteiger partial charge in [-0.15, -0.1) is 0 Å². The molecule has 9 aromatic rings. The van der Waals surface area contributed by atoms with Gasteiger partial charge < -0.3 is 0 Å². The van der Waals surface area contributed by atoms with Crippen molar-refractivity contribution < 1.29 is 0 Å². The van der Waals surface area contributed by atoms with Crippen molar-refractivity contribution in [2.24, 2.45) is 0 Å². The first kappa shape index (κ1) is 34.5. The van der Waals surface area contributed by atoms with Crippen molar-refractivity contribution in [3.05, 3.63) is 206 Å². The third-order valence-electron chi connectivity index (χ3n) is 11.5. The molecule has 1 aliphatic rings. The Morgan fingerprint density at radius 3 is 1.26 bits per heavy atom. The van der Waals surface area contributed by atoms with Crippen LogP contribution in [0.25, 0.3) is 89.5 Å². The molecule has 0 N–H and O–H groups in total. The minimum absolute atomic E-state index is 0.751. The van der Waals surface area contributed by atoms with E-state index in [1.54, 1.807) is 0 Å². The van der Waals surface area contributed by atoms with Crippen LogP contribution in [0.3, 0.4) is 0 Å². The van der Waals surface area contributed by atoms with Crippen LogP contribution in [0.15, 0.2) is 206 Å². The fraction of sp³-hybridized carbons (Fsp3) is 0.0370. The molecule has 0 radical (unpaired) electrons. The van der Waals surface area contributed by atoms with Crippen LogP contribution in [-0.4, -0.2) is 18.0 Å². The first-order valence-corrected chi connectivity index (χ1v) is 22.6. The molecule has 0 spiro atoms. The van der Waals surface area contributed by atoms with E-state index in [0.717, 1.165) is 39.5 Å². The summed E-state index contributed by atoms with van der Waals surface area (Å²) in [5.41, 5.74) is 17.3. The lowest BCUT2D eigenvalue weighted by Gasteiger charge is -2.21. The highest BCUT2D eigenvalue weighted by molar-refractivity contribution is 7.04. The van der Waals surface area contributed by atoms with Crippen molar-refractivity contribution in [1.29, 1.82) is 0 Å². The molecule has 0 saturated heterocycles. The van der Waals surface area contributed by atoms with Gasteiger partial charge >= 0.3 is 0 Å². The van der Waals surface area contributed by atoms with E-state index in [9.17, 15) is 0 Å². The quantitative estimate of drug-likeness (QED) is 0.152. The monoisotopic (exact) mass is 744 g/mol. The Bertz CT molecular complexity index is 2900. The predicted octanol–water partition coefficient (Wildman–Crippen LogP) is 12.9. The van der Waals surface area contributed by atoms with Gasteiger partial charge in [0, 0.05) is 11.1 Å². The zero-order valence-corrected chi connectivity index (χ0v) is 33.0. The van der Waals surface area contributed by atoms with E-state index >= 15 is 0 Å². The second-order valence-electron chi connectivity index (χ2n) is 15.4. The summed E-state index contributed by atoms with van der Waals surface area (Å²) in [6.45, 7) is 4.87. The molecule has 1 aliphatic heterocycles. The zero-order valence-electron chi connectivity index (χ0n) is 32.0. The second kappa shape index (κ2) is 14.3. The summed E-state index contributed by atoms with van der Waals surface area (Å²) in [5.74, 6) is 0.751. The molecule has 57 heavy (non-hydrogen) atoms. The maximum atomic E-state index is 5.41. The van der Waals surface area contributed by atoms with Gasteiger partial charge in [0.25, 0.3) is 0 Å². The topological polar surface area (TPSA) is 25.8 Å². The highest BCUT2D eigenvalue weighted by Gasteiger charge is 2.41. The summed E-state index contributed by atoms with van der Waals surface area (Å²) in [6, 6.07) is 74.2. The molecule has 2 nitrogen and oxygen atoms in total. The van der Waals surface area contributed by atoms with Crippen LogP contribution >= 0.6 is 0 Å². The van der Waals surface area contributed by atoms with Gasteiger partial charge in [0.05, 0.1) is 11.4 Å². The van der Waals surface area contributed by atoms with Crippen LogP contribution in [0.1, 0.15) is 0 Å². The van der Waals surface area contributed by atoms with Crippen LogP contribution in [0.4, 0.5) is 0 Å². The zero-order chi connectivity index (χ0) is 38.3. The molecule has 0 amide bonds. The van der Waals surface area contributed by atoms with E-state index in [1.165, 1.54) is 60.4 Å². The normalized spacial score (nSPS) is 12.5. The van der Waals surface area contributed by atoms with Gasteiger partial charge in [0.15, 0.2) is 5.82 Å². The second-order valence-corrected chi connectivity index (χ2v) is 19.7. The molecule has 0 saturated carbocycles. The third kappa shape index (κ3) is 6.42. The minimum Gasteiger partial charge on any atom is -0.228 e. The Labute approximate surface area is 335 Å². The van der Waals surface area contributed by atoms with Crippen LogP contribution in [-0.2, 0) is 0 Å². The maximum Gasteiger partial charge on any atom is 0.160 e. The molecule has 10 rings (SSSR count). The highest BCUT2D eigenvalue weighted by Crippen LogP contribution is 2.37. The molecule has 0 fully saturated rings. The molecular formula is C54H40N2Si. The van der Waals surface area contributed by atoms with E-state index in [1.807, 2.05) is 0 Å². The molecule has 1 aromatic heterocycles. The third-order valence-corrected chi connectivity index (χ3v) is 15.0. The van der Waals surface area contributed by atoms with Crippen LogP contribution in [0.5, 0.6) is 0 Å². The first-order valence-electron chi connectivity index (χ1n) is 19.6. The van der Waals surface area contributed by atoms with Gasteiger partial charge in [0.1, 0.15) is 8.07 Å². The Kier molecular flexibility index (Phi) is 8.66. The van der Waals surface area contributed by atoms with Crippen molar-refractivity contribution in [2.75, 3.05) is 0 Å². The van der Waals surface area contributed by atoms with Crippen molar-refractivity contribution in [1.82, 2.24) is 9.97 Å². The number of hydrogen-bond acceptors (Lipinski definition) is 2. The van der Waals surface area contributed by atoms with Gasteiger partial charge in [-0.3, -0.25) is 0 Å². The highest BCUT2D eigenvalue weighted by atomic mass is 28.3. The summed E-state index contributed by atoms with van der Waals surface area (Å²) in [5, 5.41) is 2.75. The summed E-state index contributed by atoms with van der Waals surface area (Å²) in [4.78, 5) is 10.8. The summed E-state index contributed by atoms with van der Waals surface area (Å²) in [6.07, 6.45) is 0. The van der Waals surface area contributed by atoms with Crippen LogP contribution in [0, 0.1) is 0 Å². The largest absolute Gasteiger partial charge is 0.228 e. The Morgan fingerprint density at radius 2 is 0.667 bits per heavy atom. The van der Waals surface area contributed by atoms with Crippen LogP contribution < -0.4 is 10.4 Å². The van der Waals surface area contributed by atoms with E-state index in [2.05, 4.69) is 219 Å². The van der Waals surface area contributed by atoms with E-state index in [0.29, 0.717) is 0 Å². The van der Waals surface area contributed by atoms with Crippen LogP contribution in [0.2, 0.25) is 13.1 Å². The fourth-order valence-electron chi connectivity index (χ4n) is 8.51. The lowest BCUT2D eigenvalue weighted by molar-refractivity contribution is 1.20. The van der Waals surface area contributed by atoms with E-state index in [-0.39, 0.29) is 0 Å². The molecule has 3 heteroatoms. The van der Waals surface area contributed by atoms with Gasteiger partial charge in [0.2, 0.25) is 0 Å². The van der Waals surface area contributed by atoms with Gasteiger partial charge in [-0.05, 0) is 102 Å². The Balaban J connectivity index is 1.08. The number of fused-ring (bicyclic) bond motifs is 3. The SMILES string of the molecule is C[Si]1(C)c2ccccc2-c2nc(-c3cccc(-c4cc(-c5ccccc5)cc(-c5cccc(-c6ccc(-c7ccccc7)cc6)c5)c4)c3)nc(-c3ccccc3)c21. The molecule has 0 bridgehead atoms. The molecular weight excluding hydrogens is 705 g/mol. The minimum atomic E-state index is -2.04. The van der Waals surface area contributed by atoms with Crippen molar-refractivity contribution in [2.45, 2.75) is 13.1 Å². The molecule has 8 aromatic carbocycles. The number of hydrogen-bond donors (Lipinski definition) is 0. The molecule has 0 atom stereocenters. The lowest BCUT2D eigenvalue weighted by Crippen LogP contribution is -2.50. The Morgan fingerprint density at radius 1 is 0.298 bits per heavy atom. The van der Waals surface area contributed by atoms with E-state index in [4.69, 9.17) is 9.97 Å².